The van der Waals surface area contributed by atoms with Gasteiger partial charge in [-0.15, -0.1) is 0 Å². The van der Waals surface area contributed by atoms with Crippen LogP contribution in [0, 0.1) is 0 Å². The highest BCUT2D eigenvalue weighted by Crippen LogP contribution is 2.28. The molecule has 2 rings (SSSR count). The van der Waals surface area contributed by atoms with Gasteiger partial charge in [0.15, 0.2) is 0 Å². The van der Waals surface area contributed by atoms with Gasteiger partial charge in [-0.2, -0.15) is 0 Å². The molecule has 5 nitrogen and oxygen atoms in total. The van der Waals surface area contributed by atoms with E-state index in [-0.39, 0.29) is 12.2 Å². The van der Waals surface area contributed by atoms with Gasteiger partial charge in [0.25, 0.3) is 0 Å². The van der Waals surface area contributed by atoms with Gasteiger partial charge in [0.1, 0.15) is 11.4 Å². The molecule has 0 saturated carbocycles. The molecule has 0 aliphatic carbocycles. The molecule has 5 heteroatoms. The van der Waals surface area contributed by atoms with Crippen LogP contribution in [0.3, 0.4) is 0 Å². The Morgan fingerprint density at radius 1 is 1.42 bits per heavy atom. The standard InChI is InChI=1S/C14H20N2O3/c1-10(2)18-12-6-4-11(5-7-12)16-9-14(3,8-15)19-13(16)17/h4-7,10H,8-9,15H2,1-3H3. The average Bonchev–Trinajstić information content (AvgIpc) is 2.66. The van der Waals surface area contributed by atoms with Crippen molar-refractivity contribution in [2.45, 2.75) is 32.5 Å². The highest BCUT2D eigenvalue weighted by Gasteiger charge is 2.40. The Bertz CT molecular complexity index is 458. The van der Waals surface area contributed by atoms with Crippen molar-refractivity contribution in [3.63, 3.8) is 0 Å². The number of amides is 1. The molecule has 1 aliphatic heterocycles. The molecule has 2 N–H and O–H groups in total. The molecule has 0 radical (unpaired) electrons. The van der Waals surface area contributed by atoms with Crippen LogP contribution in [0.15, 0.2) is 24.3 Å². The number of nitrogens with zero attached hydrogens (tertiary/aromatic N) is 1. The van der Waals surface area contributed by atoms with E-state index in [1.54, 1.807) is 4.90 Å². The van der Waals surface area contributed by atoms with Gasteiger partial charge >= 0.3 is 6.09 Å². The largest absolute Gasteiger partial charge is 0.491 e. The van der Waals surface area contributed by atoms with Crippen molar-refractivity contribution in [2.75, 3.05) is 18.0 Å². The molecule has 104 valence electrons. The minimum absolute atomic E-state index is 0.128. The molecule has 1 aromatic carbocycles. The normalized spacial score (nSPS) is 22.8. The first-order valence-corrected chi connectivity index (χ1v) is 6.41. The first kappa shape index (κ1) is 13.7. The van der Waals surface area contributed by atoms with Crippen molar-refractivity contribution >= 4 is 11.8 Å². The monoisotopic (exact) mass is 264 g/mol. The quantitative estimate of drug-likeness (QED) is 0.905. The molecule has 1 amide bonds. The first-order chi connectivity index (χ1) is 8.93. The fourth-order valence-corrected chi connectivity index (χ4v) is 1.98. The second-order valence-electron chi connectivity index (χ2n) is 5.27. The van der Waals surface area contributed by atoms with E-state index >= 15 is 0 Å². The summed E-state index contributed by atoms with van der Waals surface area (Å²) in [6.07, 6.45) is -0.228. The number of ether oxygens (including phenoxy) is 2. The van der Waals surface area contributed by atoms with E-state index in [2.05, 4.69) is 0 Å². The molecule has 1 fully saturated rings. The van der Waals surface area contributed by atoms with Crippen molar-refractivity contribution in [1.82, 2.24) is 0 Å². The van der Waals surface area contributed by atoms with E-state index in [0.29, 0.717) is 13.1 Å². The summed E-state index contributed by atoms with van der Waals surface area (Å²) in [6, 6.07) is 7.39. The molecule has 19 heavy (non-hydrogen) atoms. The Morgan fingerprint density at radius 3 is 2.53 bits per heavy atom. The summed E-state index contributed by atoms with van der Waals surface area (Å²) in [5.74, 6) is 0.785. The Labute approximate surface area is 113 Å². The van der Waals surface area contributed by atoms with Crippen LogP contribution in [0.5, 0.6) is 5.75 Å². The molecule has 1 atom stereocenters. The highest BCUT2D eigenvalue weighted by molar-refractivity contribution is 5.90. The fraction of sp³-hybridized carbons (Fsp3) is 0.500. The van der Waals surface area contributed by atoms with Crippen molar-refractivity contribution in [3.8, 4) is 5.75 Å². The third kappa shape index (κ3) is 2.98. The van der Waals surface area contributed by atoms with Crippen molar-refractivity contribution in [2.24, 2.45) is 5.73 Å². The zero-order valence-corrected chi connectivity index (χ0v) is 11.6. The summed E-state index contributed by atoms with van der Waals surface area (Å²) >= 11 is 0. The van der Waals surface area contributed by atoms with Gasteiger partial charge in [0.05, 0.1) is 12.6 Å². The summed E-state index contributed by atoms with van der Waals surface area (Å²) < 4.78 is 10.9. The molecular formula is C14H20N2O3. The predicted octanol–water partition coefficient (Wildman–Crippen LogP) is 2.15. The number of hydrogen-bond donors (Lipinski definition) is 1. The number of hydrogen-bond acceptors (Lipinski definition) is 4. The van der Waals surface area contributed by atoms with Gasteiger partial charge in [-0.1, -0.05) is 0 Å². The van der Waals surface area contributed by atoms with Crippen LogP contribution in [0.2, 0.25) is 0 Å². The van der Waals surface area contributed by atoms with Crippen LogP contribution in [0.1, 0.15) is 20.8 Å². The zero-order chi connectivity index (χ0) is 14.0. The lowest BCUT2D eigenvalue weighted by Crippen LogP contribution is -2.38. The minimum Gasteiger partial charge on any atom is -0.491 e. The molecule has 1 aromatic rings. The van der Waals surface area contributed by atoms with Crippen molar-refractivity contribution in [1.29, 1.82) is 0 Å². The lowest BCUT2D eigenvalue weighted by atomic mass is 10.1. The lowest BCUT2D eigenvalue weighted by molar-refractivity contribution is 0.0789. The number of carbonyl (C=O) groups is 1. The number of carbonyl (C=O) groups excluding carboxylic acids is 1. The van der Waals surface area contributed by atoms with Crippen LogP contribution in [0.25, 0.3) is 0 Å². The summed E-state index contributed by atoms with van der Waals surface area (Å²) in [4.78, 5) is 13.4. The number of rotatable bonds is 4. The molecular weight excluding hydrogens is 244 g/mol. The van der Waals surface area contributed by atoms with E-state index < -0.39 is 5.60 Å². The van der Waals surface area contributed by atoms with Gasteiger partial charge in [-0.3, -0.25) is 4.90 Å². The number of nitrogens with two attached hydrogens (primary N) is 1. The third-order valence-corrected chi connectivity index (χ3v) is 3.00. The van der Waals surface area contributed by atoms with E-state index in [0.717, 1.165) is 11.4 Å². The second-order valence-corrected chi connectivity index (χ2v) is 5.27. The topological polar surface area (TPSA) is 64.8 Å². The third-order valence-electron chi connectivity index (χ3n) is 3.00. The SMILES string of the molecule is CC(C)Oc1ccc(N2CC(C)(CN)OC2=O)cc1. The molecule has 0 aromatic heterocycles. The van der Waals surface area contributed by atoms with E-state index in [9.17, 15) is 4.79 Å². The van der Waals surface area contributed by atoms with Gasteiger partial charge in [-0.05, 0) is 45.0 Å². The Balaban J connectivity index is 2.12. The van der Waals surface area contributed by atoms with Gasteiger partial charge in [-0.25, -0.2) is 4.79 Å². The molecule has 0 bridgehead atoms. The van der Waals surface area contributed by atoms with Crippen molar-refractivity contribution in [3.05, 3.63) is 24.3 Å². The Kier molecular flexibility index (Phi) is 3.66. The van der Waals surface area contributed by atoms with Crippen LogP contribution in [-0.2, 0) is 4.74 Å². The van der Waals surface area contributed by atoms with E-state index in [4.69, 9.17) is 15.2 Å². The molecule has 1 unspecified atom stereocenters. The summed E-state index contributed by atoms with van der Waals surface area (Å²) in [5, 5.41) is 0. The maximum atomic E-state index is 11.8. The Morgan fingerprint density at radius 2 is 2.05 bits per heavy atom. The minimum atomic E-state index is -0.607. The second kappa shape index (κ2) is 5.09. The highest BCUT2D eigenvalue weighted by atomic mass is 16.6. The molecule has 0 spiro atoms. The van der Waals surface area contributed by atoms with Crippen LogP contribution in [0.4, 0.5) is 10.5 Å². The predicted molar refractivity (Wildman–Crippen MR) is 73.5 cm³/mol. The number of cyclic esters (lactones) is 1. The Hall–Kier alpha value is -1.75. The van der Waals surface area contributed by atoms with Crippen LogP contribution < -0.4 is 15.4 Å². The summed E-state index contributed by atoms with van der Waals surface area (Å²) in [5.41, 5.74) is 5.81. The molecule has 1 heterocycles. The first-order valence-electron chi connectivity index (χ1n) is 6.41. The maximum absolute atomic E-state index is 11.8. The van der Waals surface area contributed by atoms with Gasteiger partial charge < -0.3 is 15.2 Å². The molecule has 1 aliphatic rings. The van der Waals surface area contributed by atoms with Crippen LogP contribution >= 0.6 is 0 Å². The average molecular weight is 264 g/mol. The zero-order valence-electron chi connectivity index (χ0n) is 11.6. The smallest absolute Gasteiger partial charge is 0.415 e. The van der Waals surface area contributed by atoms with Gasteiger partial charge in [0, 0.05) is 12.2 Å². The number of anilines is 1. The molecule has 1 saturated heterocycles. The van der Waals surface area contributed by atoms with E-state index in [1.807, 2.05) is 45.0 Å². The van der Waals surface area contributed by atoms with Crippen LogP contribution in [-0.4, -0.2) is 30.9 Å². The lowest BCUT2D eigenvalue weighted by Gasteiger charge is -2.19. The fourth-order valence-electron chi connectivity index (χ4n) is 1.98. The van der Waals surface area contributed by atoms with E-state index in [1.165, 1.54) is 0 Å². The summed E-state index contributed by atoms with van der Waals surface area (Å²) in [7, 11) is 0. The van der Waals surface area contributed by atoms with Crippen molar-refractivity contribution < 1.29 is 14.3 Å². The maximum Gasteiger partial charge on any atom is 0.415 e. The number of benzene rings is 1. The van der Waals surface area contributed by atoms with Gasteiger partial charge in [0.2, 0.25) is 0 Å². The summed E-state index contributed by atoms with van der Waals surface area (Å²) in [6.45, 7) is 6.55.